The quantitative estimate of drug-likeness (QED) is 0.603. The Morgan fingerprint density at radius 1 is 1.19 bits per heavy atom. The van der Waals surface area contributed by atoms with Gasteiger partial charge in [-0.15, -0.1) is 0 Å². The predicted molar refractivity (Wildman–Crippen MR) is 104 cm³/mol. The molecule has 0 aliphatic rings. The van der Waals surface area contributed by atoms with Crippen LogP contribution < -0.4 is 14.9 Å². The molecule has 2 aromatic carbocycles. The first-order chi connectivity index (χ1) is 12.4. The van der Waals surface area contributed by atoms with Crippen molar-refractivity contribution in [2.24, 2.45) is 5.10 Å². The molecule has 0 unspecified atom stereocenters. The minimum atomic E-state index is -0.302. The highest BCUT2D eigenvalue weighted by molar-refractivity contribution is 5.99. The molecule has 2 rings (SSSR count). The Hall–Kier alpha value is -2.82. The van der Waals surface area contributed by atoms with E-state index in [-0.39, 0.29) is 12.5 Å². The molecule has 0 aliphatic heterocycles. The first-order valence-electron chi connectivity index (χ1n) is 8.61. The van der Waals surface area contributed by atoms with Crippen molar-refractivity contribution >= 4 is 11.6 Å². The van der Waals surface area contributed by atoms with Crippen LogP contribution in [0.2, 0.25) is 0 Å². The number of carbonyl (C=O) groups excluding carboxylic acids is 1. The van der Waals surface area contributed by atoms with E-state index < -0.39 is 0 Å². The maximum Gasteiger partial charge on any atom is 0.277 e. The zero-order valence-electron chi connectivity index (χ0n) is 16.0. The number of methoxy groups -OCH3 is 1. The highest BCUT2D eigenvalue weighted by Gasteiger charge is 2.10. The fraction of sp³-hybridized carbons (Fsp3) is 0.333. The van der Waals surface area contributed by atoms with Crippen LogP contribution in [0, 0.1) is 6.92 Å². The van der Waals surface area contributed by atoms with Gasteiger partial charge in [0, 0.05) is 5.56 Å². The van der Waals surface area contributed by atoms with Gasteiger partial charge in [-0.25, -0.2) is 5.43 Å². The van der Waals surface area contributed by atoms with Gasteiger partial charge in [-0.1, -0.05) is 38.1 Å². The lowest BCUT2D eigenvalue weighted by atomic mass is 10.0. The summed E-state index contributed by atoms with van der Waals surface area (Å²) in [5.74, 6) is 1.50. The van der Waals surface area contributed by atoms with Crippen molar-refractivity contribution in [2.45, 2.75) is 33.6 Å². The number of amides is 1. The molecule has 138 valence electrons. The number of aryl methyl sites for hydroxylation is 1. The number of nitrogens with zero attached hydrogens (tertiary/aromatic N) is 1. The van der Waals surface area contributed by atoms with Crippen LogP contribution in [0.25, 0.3) is 0 Å². The van der Waals surface area contributed by atoms with Gasteiger partial charge in [0.05, 0.1) is 12.8 Å². The van der Waals surface area contributed by atoms with Crippen molar-refractivity contribution in [2.75, 3.05) is 13.7 Å². The number of hydrogen-bond acceptors (Lipinski definition) is 4. The number of ether oxygens (including phenoxy) is 2. The zero-order chi connectivity index (χ0) is 19.1. The molecule has 0 saturated heterocycles. The Labute approximate surface area is 155 Å². The average Bonchev–Trinajstić information content (AvgIpc) is 2.64. The van der Waals surface area contributed by atoms with Gasteiger partial charge < -0.3 is 9.47 Å². The molecule has 0 radical (unpaired) electrons. The highest BCUT2D eigenvalue weighted by atomic mass is 16.5. The number of carbonyl (C=O) groups is 1. The molecule has 5 nitrogen and oxygen atoms in total. The van der Waals surface area contributed by atoms with Gasteiger partial charge >= 0.3 is 0 Å². The summed E-state index contributed by atoms with van der Waals surface area (Å²) in [6, 6.07) is 13.5. The van der Waals surface area contributed by atoms with Crippen molar-refractivity contribution in [3.63, 3.8) is 0 Å². The average molecular weight is 354 g/mol. The van der Waals surface area contributed by atoms with Gasteiger partial charge in [0.15, 0.2) is 6.61 Å². The van der Waals surface area contributed by atoms with Gasteiger partial charge in [-0.3, -0.25) is 4.79 Å². The van der Waals surface area contributed by atoms with Gasteiger partial charge in [0.2, 0.25) is 0 Å². The van der Waals surface area contributed by atoms with Crippen LogP contribution in [0.3, 0.4) is 0 Å². The van der Waals surface area contributed by atoms with Crippen molar-refractivity contribution in [1.82, 2.24) is 5.43 Å². The van der Waals surface area contributed by atoms with E-state index in [9.17, 15) is 4.79 Å². The fourth-order valence-corrected chi connectivity index (χ4v) is 2.48. The Balaban J connectivity index is 1.98. The van der Waals surface area contributed by atoms with Crippen LogP contribution in [0.15, 0.2) is 47.6 Å². The Morgan fingerprint density at radius 3 is 2.65 bits per heavy atom. The van der Waals surface area contributed by atoms with Crippen molar-refractivity contribution < 1.29 is 14.3 Å². The molecular formula is C21H26N2O3. The summed E-state index contributed by atoms with van der Waals surface area (Å²) in [6.07, 6.45) is 0. The molecule has 0 spiro atoms. The van der Waals surface area contributed by atoms with Crippen molar-refractivity contribution in [3.8, 4) is 11.5 Å². The molecule has 26 heavy (non-hydrogen) atoms. The number of nitrogens with one attached hydrogen (secondary N) is 1. The highest BCUT2D eigenvalue weighted by Crippen LogP contribution is 2.27. The number of rotatable bonds is 7. The summed E-state index contributed by atoms with van der Waals surface area (Å²) in [6.45, 7) is 7.93. The molecule has 0 atom stereocenters. The summed E-state index contributed by atoms with van der Waals surface area (Å²) in [4.78, 5) is 12.1. The van der Waals surface area contributed by atoms with Gasteiger partial charge in [-0.05, 0) is 49.1 Å². The van der Waals surface area contributed by atoms with E-state index >= 15 is 0 Å². The van der Waals surface area contributed by atoms with E-state index in [2.05, 4.69) is 24.4 Å². The Morgan fingerprint density at radius 2 is 1.96 bits per heavy atom. The maximum atomic E-state index is 12.1. The molecule has 0 aliphatic carbocycles. The zero-order valence-corrected chi connectivity index (χ0v) is 16.0. The standard InChI is InChI=1S/C21H26N2O3/c1-14(2)19-10-9-15(3)11-20(19)26-13-21(24)23-22-16(4)17-7-6-8-18(12-17)25-5/h6-12,14H,13H2,1-5H3,(H,23,24)/b22-16+. The van der Waals surface area contributed by atoms with E-state index in [1.54, 1.807) is 7.11 Å². The Bertz CT molecular complexity index is 798. The van der Waals surface area contributed by atoms with Crippen LogP contribution in [0.1, 0.15) is 43.4 Å². The summed E-state index contributed by atoms with van der Waals surface area (Å²) in [5.41, 5.74) is 6.28. The third-order valence-corrected chi connectivity index (χ3v) is 3.99. The molecule has 1 amide bonds. The molecule has 0 heterocycles. The lowest BCUT2D eigenvalue weighted by Gasteiger charge is -2.14. The topological polar surface area (TPSA) is 59.9 Å². The molecule has 0 saturated carbocycles. The normalized spacial score (nSPS) is 11.4. The molecule has 2 aromatic rings. The van der Waals surface area contributed by atoms with E-state index in [4.69, 9.17) is 9.47 Å². The lowest BCUT2D eigenvalue weighted by molar-refractivity contribution is -0.123. The second kappa shape index (κ2) is 9.04. The van der Waals surface area contributed by atoms with E-state index in [1.807, 2.05) is 56.3 Å². The predicted octanol–water partition coefficient (Wildman–Crippen LogP) is 4.05. The Kier molecular flexibility index (Phi) is 6.78. The minimum absolute atomic E-state index is 0.0853. The molecule has 0 bridgehead atoms. The maximum absolute atomic E-state index is 12.1. The van der Waals surface area contributed by atoms with Gasteiger partial charge in [0.25, 0.3) is 5.91 Å². The number of benzene rings is 2. The molecular weight excluding hydrogens is 328 g/mol. The fourth-order valence-electron chi connectivity index (χ4n) is 2.48. The monoisotopic (exact) mass is 354 g/mol. The minimum Gasteiger partial charge on any atom is -0.497 e. The van der Waals surface area contributed by atoms with E-state index in [0.717, 1.165) is 28.2 Å². The molecule has 0 fully saturated rings. The molecule has 1 N–H and O–H groups in total. The van der Waals surface area contributed by atoms with Crippen LogP contribution in [0.4, 0.5) is 0 Å². The number of hydrazone groups is 1. The summed E-state index contributed by atoms with van der Waals surface area (Å²) in [7, 11) is 1.61. The number of hydrogen-bond donors (Lipinski definition) is 1. The lowest BCUT2D eigenvalue weighted by Crippen LogP contribution is -2.26. The summed E-state index contributed by atoms with van der Waals surface area (Å²) >= 11 is 0. The first kappa shape index (κ1) is 19.5. The van der Waals surface area contributed by atoms with Gasteiger partial charge in [0.1, 0.15) is 11.5 Å². The summed E-state index contributed by atoms with van der Waals surface area (Å²) in [5, 5.41) is 4.14. The SMILES string of the molecule is COc1cccc(/C(C)=N/NC(=O)COc2cc(C)ccc2C(C)C)c1. The third kappa shape index (κ3) is 5.34. The molecule has 5 heteroatoms. The van der Waals surface area contributed by atoms with Crippen LogP contribution >= 0.6 is 0 Å². The van der Waals surface area contributed by atoms with E-state index in [0.29, 0.717) is 11.6 Å². The van der Waals surface area contributed by atoms with Crippen LogP contribution in [-0.4, -0.2) is 25.3 Å². The smallest absolute Gasteiger partial charge is 0.277 e. The van der Waals surface area contributed by atoms with Crippen LogP contribution in [0.5, 0.6) is 11.5 Å². The first-order valence-corrected chi connectivity index (χ1v) is 8.61. The molecule has 0 aromatic heterocycles. The van der Waals surface area contributed by atoms with Crippen molar-refractivity contribution in [3.05, 3.63) is 59.2 Å². The van der Waals surface area contributed by atoms with Crippen molar-refractivity contribution in [1.29, 1.82) is 0 Å². The second-order valence-corrected chi connectivity index (χ2v) is 6.45. The third-order valence-electron chi connectivity index (χ3n) is 3.99. The summed E-state index contributed by atoms with van der Waals surface area (Å²) < 4.78 is 10.9. The largest absolute Gasteiger partial charge is 0.497 e. The second-order valence-electron chi connectivity index (χ2n) is 6.45. The van der Waals surface area contributed by atoms with E-state index in [1.165, 1.54) is 0 Å². The van der Waals surface area contributed by atoms with Crippen LogP contribution in [-0.2, 0) is 4.79 Å². The van der Waals surface area contributed by atoms with Gasteiger partial charge in [-0.2, -0.15) is 5.10 Å².